The van der Waals surface area contributed by atoms with Gasteiger partial charge < -0.3 is 5.11 Å². The topological polar surface area (TPSA) is 63.1 Å². The number of hydrogen-bond donors (Lipinski definition) is 1. The lowest BCUT2D eigenvalue weighted by Crippen LogP contribution is -2.07. The Kier molecular flexibility index (Phi) is 3.85. The fourth-order valence-electron chi connectivity index (χ4n) is 1.79. The van der Waals surface area contributed by atoms with E-state index in [1.165, 1.54) is 18.3 Å². The molecule has 0 unspecified atom stereocenters. The SMILES string of the molecule is CCCc1nc(-c2cccc(F)c2)ncc1C(=O)O. The molecular weight excluding hydrogens is 247 g/mol. The second-order valence-electron chi connectivity index (χ2n) is 4.12. The monoisotopic (exact) mass is 260 g/mol. The maximum absolute atomic E-state index is 13.2. The van der Waals surface area contributed by atoms with E-state index in [0.717, 1.165) is 6.42 Å². The van der Waals surface area contributed by atoms with Crippen LogP contribution in [0, 0.1) is 5.82 Å². The highest BCUT2D eigenvalue weighted by atomic mass is 19.1. The van der Waals surface area contributed by atoms with Crippen LogP contribution in [0.15, 0.2) is 30.5 Å². The molecule has 2 rings (SSSR count). The number of aromatic nitrogens is 2. The van der Waals surface area contributed by atoms with Crippen LogP contribution >= 0.6 is 0 Å². The van der Waals surface area contributed by atoms with Crippen molar-refractivity contribution < 1.29 is 14.3 Å². The minimum atomic E-state index is -1.05. The van der Waals surface area contributed by atoms with Crippen molar-refractivity contribution in [1.82, 2.24) is 9.97 Å². The summed E-state index contributed by atoms with van der Waals surface area (Å²) in [4.78, 5) is 19.3. The summed E-state index contributed by atoms with van der Waals surface area (Å²) in [5, 5.41) is 9.06. The summed E-state index contributed by atoms with van der Waals surface area (Å²) in [5.41, 5.74) is 1.11. The molecule has 1 aromatic carbocycles. The number of aromatic carboxylic acids is 1. The third-order valence-corrected chi connectivity index (χ3v) is 2.67. The van der Waals surface area contributed by atoms with Gasteiger partial charge in [0.2, 0.25) is 0 Å². The Morgan fingerprint density at radius 3 is 2.84 bits per heavy atom. The van der Waals surface area contributed by atoms with Crippen molar-refractivity contribution in [3.63, 3.8) is 0 Å². The molecule has 0 spiro atoms. The molecule has 0 saturated carbocycles. The second-order valence-corrected chi connectivity index (χ2v) is 4.12. The summed E-state index contributed by atoms with van der Waals surface area (Å²) in [5.74, 6) is -1.08. The van der Waals surface area contributed by atoms with Crippen LogP contribution in [0.4, 0.5) is 4.39 Å². The minimum absolute atomic E-state index is 0.0991. The maximum Gasteiger partial charge on any atom is 0.339 e. The first-order valence-electron chi connectivity index (χ1n) is 5.97. The second kappa shape index (κ2) is 5.56. The van der Waals surface area contributed by atoms with Crippen LogP contribution in [-0.2, 0) is 6.42 Å². The van der Waals surface area contributed by atoms with Gasteiger partial charge in [0, 0.05) is 11.8 Å². The standard InChI is InChI=1S/C14H13FN2O2/c1-2-4-12-11(14(18)19)8-16-13(17-12)9-5-3-6-10(15)7-9/h3,5-8H,2,4H2,1H3,(H,18,19). The molecule has 0 atom stereocenters. The molecule has 19 heavy (non-hydrogen) atoms. The van der Waals surface area contributed by atoms with E-state index < -0.39 is 5.97 Å². The fraction of sp³-hybridized carbons (Fsp3) is 0.214. The molecule has 98 valence electrons. The van der Waals surface area contributed by atoms with Gasteiger partial charge in [-0.15, -0.1) is 0 Å². The van der Waals surface area contributed by atoms with Crippen molar-refractivity contribution in [2.75, 3.05) is 0 Å². The van der Waals surface area contributed by atoms with E-state index in [4.69, 9.17) is 5.11 Å². The van der Waals surface area contributed by atoms with Crippen LogP contribution in [-0.4, -0.2) is 21.0 Å². The summed E-state index contributed by atoms with van der Waals surface area (Å²) in [6, 6.07) is 5.92. The van der Waals surface area contributed by atoms with Crippen LogP contribution in [0.25, 0.3) is 11.4 Å². The van der Waals surface area contributed by atoms with Gasteiger partial charge in [-0.2, -0.15) is 0 Å². The molecule has 0 bridgehead atoms. The molecule has 0 radical (unpaired) electrons. The lowest BCUT2D eigenvalue weighted by Gasteiger charge is -2.06. The zero-order chi connectivity index (χ0) is 13.8. The lowest BCUT2D eigenvalue weighted by atomic mass is 10.1. The average molecular weight is 260 g/mol. The summed E-state index contributed by atoms with van der Waals surface area (Å²) in [7, 11) is 0. The van der Waals surface area contributed by atoms with Crippen molar-refractivity contribution in [3.8, 4) is 11.4 Å². The smallest absolute Gasteiger partial charge is 0.339 e. The van der Waals surface area contributed by atoms with Crippen molar-refractivity contribution in [2.24, 2.45) is 0 Å². The van der Waals surface area contributed by atoms with Crippen molar-refractivity contribution >= 4 is 5.97 Å². The van der Waals surface area contributed by atoms with Gasteiger partial charge in [-0.05, 0) is 18.6 Å². The zero-order valence-electron chi connectivity index (χ0n) is 10.4. The van der Waals surface area contributed by atoms with Gasteiger partial charge in [0.1, 0.15) is 5.82 Å². The first-order valence-corrected chi connectivity index (χ1v) is 5.97. The van der Waals surface area contributed by atoms with Crippen LogP contribution in [0.2, 0.25) is 0 Å². The fourth-order valence-corrected chi connectivity index (χ4v) is 1.79. The largest absolute Gasteiger partial charge is 0.478 e. The highest BCUT2D eigenvalue weighted by Crippen LogP contribution is 2.18. The first-order chi connectivity index (χ1) is 9.11. The zero-order valence-corrected chi connectivity index (χ0v) is 10.4. The van der Waals surface area contributed by atoms with Gasteiger partial charge in [-0.3, -0.25) is 0 Å². The van der Waals surface area contributed by atoms with E-state index in [1.807, 2.05) is 6.92 Å². The first kappa shape index (κ1) is 13.1. The summed E-state index contributed by atoms with van der Waals surface area (Å²) in [6.07, 6.45) is 2.60. The number of aryl methyl sites for hydroxylation is 1. The van der Waals surface area contributed by atoms with Gasteiger partial charge in [0.25, 0.3) is 0 Å². The Labute approximate surface area is 110 Å². The van der Waals surface area contributed by atoms with Gasteiger partial charge in [-0.1, -0.05) is 25.5 Å². The number of rotatable bonds is 4. The highest BCUT2D eigenvalue weighted by molar-refractivity contribution is 5.88. The number of hydrogen-bond acceptors (Lipinski definition) is 3. The Bertz CT molecular complexity index is 614. The number of benzene rings is 1. The van der Waals surface area contributed by atoms with E-state index >= 15 is 0 Å². The number of carboxylic acids is 1. The van der Waals surface area contributed by atoms with E-state index in [0.29, 0.717) is 23.5 Å². The molecule has 0 fully saturated rings. The lowest BCUT2D eigenvalue weighted by molar-refractivity contribution is 0.0694. The predicted octanol–water partition coefficient (Wildman–Crippen LogP) is 2.93. The number of nitrogens with zero attached hydrogens (tertiary/aromatic N) is 2. The summed E-state index contributed by atoms with van der Waals surface area (Å²) < 4.78 is 13.2. The molecule has 1 N–H and O–H groups in total. The van der Waals surface area contributed by atoms with Gasteiger partial charge >= 0.3 is 5.97 Å². The Balaban J connectivity index is 2.48. The number of carboxylic acid groups (broad SMARTS) is 1. The summed E-state index contributed by atoms with van der Waals surface area (Å²) >= 11 is 0. The molecule has 1 heterocycles. The number of halogens is 1. The normalized spacial score (nSPS) is 10.4. The number of carbonyl (C=O) groups is 1. The molecule has 0 aliphatic rings. The highest BCUT2D eigenvalue weighted by Gasteiger charge is 2.13. The minimum Gasteiger partial charge on any atom is -0.478 e. The molecule has 0 saturated heterocycles. The van der Waals surface area contributed by atoms with E-state index in [2.05, 4.69) is 9.97 Å². The molecule has 0 aliphatic heterocycles. The van der Waals surface area contributed by atoms with Gasteiger partial charge in [0.15, 0.2) is 5.82 Å². The predicted molar refractivity (Wildman–Crippen MR) is 68.4 cm³/mol. The quantitative estimate of drug-likeness (QED) is 0.918. The molecule has 0 aliphatic carbocycles. The maximum atomic E-state index is 13.2. The molecule has 2 aromatic rings. The molecule has 0 amide bonds. The van der Waals surface area contributed by atoms with Crippen LogP contribution < -0.4 is 0 Å². The average Bonchev–Trinajstić information content (AvgIpc) is 2.39. The molecule has 1 aromatic heterocycles. The van der Waals surface area contributed by atoms with E-state index in [1.54, 1.807) is 12.1 Å². The van der Waals surface area contributed by atoms with Crippen molar-refractivity contribution in [1.29, 1.82) is 0 Å². The molecule has 4 nitrogen and oxygen atoms in total. The van der Waals surface area contributed by atoms with Crippen LogP contribution in [0.5, 0.6) is 0 Å². The third kappa shape index (κ3) is 2.93. The van der Waals surface area contributed by atoms with Gasteiger partial charge in [-0.25, -0.2) is 19.2 Å². The Hall–Kier alpha value is -2.30. The van der Waals surface area contributed by atoms with Crippen LogP contribution in [0.3, 0.4) is 0 Å². The van der Waals surface area contributed by atoms with E-state index in [-0.39, 0.29) is 11.4 Å². The Morgan fingerprint density at radius 1 is 1.42 bits per heavy atom. The molecule has 5 heteroatoms. The summed E-state index contributed by atoms with van der Waals surface area (Å²) in [6.45, 7) is 1.94. The van der Waals surface area contributed by atoms with Gasteiger partial charge in [0.05, 0.1) is 11.3 Å². The Morgan fingerprint density at radius 2 is 2.21 bits per heavy atom. The van der Waals surface area contributed by atoms with Crippen LogP contribution in [0.1, 0.15) is 29.4 Å². The van der Waals surface area contributed by atoms with E-state index in [9.17, 15) is 9.18 Å². The third-order valence-electron chi connectivity index (χ3n) is 2.67. The molecular formula is C14H13FN2O2. The van der Waals surface area contributed by atoms with Crippen molar-refractivity contribution in [3.05, 3.63) is 47.5 Å². The van der Waals surface area contributed by atoms with Crippen molar-refractivity contribution in [2.45, 2.75) is 19.8 Å².